The molecule has 2 aromatic carbocycles. The Morgan fingerprint density at radius 1 is 0.947 bits per heavy atom. The fourth-order valence-corrected chi connectivity index (χ4v) is 3.79. The lowest BCUT2D eigenvalue weighted by Gasteiger charge is -2.44. The topological polar surface area (TPSA) is 3.24 Å². The Morgan fingerprint density at radius 3 is 2.42 bits per heavy atom. The van der Waals surface area contributed by atoms with Crippen LogP contribution < -0.4 is 4.90 Å². The minimum Gasteiger partial charge on any atom is -0.366 e. The average Bonchev–Trinajstić information content (AvgIpc) is 2.60. The van der Waals surface area contributed by atoms with E-state index in [9.17, 15) is 0 Å². The smallest absolute Gasteiger partial charge is 0.0672 e. The molecule has 1 aliphatic heterocycles. The highest BCUT2D eigenvalue weighted by Gasteiger charge is 2.53. The van der Waals surface area contributed by atoms with Crippen LogP contribution in [0.4, 0.5) is 5.69 Å². The molecule has 1 heteroatoms. The maximum Gasteiger partial charge on any atom is 0.0672 e. The summed E-state index contributed by atoms with van der Waals surface area (Å²) < 4.78 is 0. The van der Waals surface area contributed by atoms with E-state index >= 15 is 0 Å². The summed E-state index contributed by atoms with van der Waals surface area (Å²) in [4.78, 5) is 2.43. The number of hydrogen-bond acceptors (Lipinski definition) is 1. The number of likely N-dealkylation sites (N-methyl/N-ethyl adjacent to an activating group) is 1. The largest absolute Gasteiger partial charge is 0.366 e. The second-order valence-electron chi connectivity index (χ2n) is 5.78. The number of hydrogen-bond donors (Lipinski definition) is 0. The first kappa shape index (κ1) is 10.9. The first-order chi connectivity index (χ1) is 9.22. The van der Waals surface area contributed by atoms with Crippen molar-refractivity contribution in [2.24, 2.45) is 0 Å². The standard InChI is InChI=1S/C18H17N/c1-18-12-14(13-8-4-3-5-9-13)17(18)19(2)16-11-7-6-10-15(16)18/h3-12,17H,1-2H3. The Hall–Kier alpha value is -2.02. The van der Waals surface area contributed by atoms with Gasteiger partial charge >= 0.3 is 0 Å². The summed E-state index contributed by atoms with van der Waals surface area (Å²) in [5, 5.41) is 0. The Labute approximate surface area is 114 Å². The number of benzene rings is 2. The van der Waals surface area contributed by atoms with Gasteiger partial charge in [0, 0.05) is 18.2 Å². The van der Waals surface area contributed by atoms with Gasteiger partial charge in [0.2, 0.25) is 0 Å². The van der Waals surface area contributed by atoms with Crippen LogP contribution in [0.25, 0.3) is 5.57 Å². The highest BCUT2D eigenvalue weighted by Crippen LogP contribution is 2.56. The molecule has 0 saturated carbocycles. The normalized spacial score (nSPS) is 27.4. The van der Waals surface area contributed by atoms with Crippen LogP contribution in [0.15, 0.2) is 60.7 Å². The molecule has 19 heavy (non-hydrogen) atoms. The zero-order valence-corrected chi connectivity index (χ0v) is 11.3. The summed E-state index contributed by atoms with van der Waals surface area (Å²) >= 11 is 0. The third-order valence-electron chi connectivity index (χ3n) is 4.68. The Bertz CT molecular complexity index is 671. The van der Waals surface area contributed by atoms with Gasteiger partial charge < -0.3 is 4.90 Å². The molecular weight excluding hydrogens is 230 g/mol. The van der Waals surface area contributed by atoms with Crippen LogP contribution in [0.5, 0.6) is 0 Å². The SMILES string of the molecule is CN1c2ccccc2C2(C)C=C(c3ccccc3)C12. The second kappa shape index (κ2) is 3.51. The van der Waals surface area contributed by atoms with Crippen molar-refractivity contribution >= 4 is 11.3 Å². The Kier molecular flexibility index (Phi) is 2.00. The molecule has 2 atom stereocenters. The third kappa shape index (κ3) is 1.25. The number of fused-ring (bicyclic) bond motifs is 3. The molecule has 94 valence electrons. The summed E-state index contributed by atoms with van der Waals surface area (Å²) in [6.45, 7) is 2.35. The van der Waals surface area contributed by atoms with E-state index in [1.165, 1.54) is 22.4 Å². The van der Waals surface area contributed by atoms with E-state index < -0.39 is 0 Å². The van der Waals surface area contributed by atoms with Crippen molar-refractivity contribution in [2.75, 3.05) is 11.9 Å². The van der Waals surface area contributed by atoms with E-state index in [-0.39, 0.29) is 5.41 Å². The number of nitrogens with zero attached hydrogens (tertiary/aromatic N) is 1. The second-order valence-corrected chi connectivity index (χ2v) is 5.78. The molecule has 1 heterocycles. The number of anilines is 1. The van der Waals surface area contributed by atoms with Gasteiger partial charge in [0.05, 0.1) is 6.04 Å². The van der Waals surface area contributed by atoms with Crippen LogP contribution >= 0.6 is 0 Å². The van der Waals surface area contributed by atoms with Crippen molar-refractivity contribution in [1.29, 1.82) is 0 Å². The monoisotopic (exact) mass is 247 g/mol. The quantitative estimate of drug-likeness (QED) is 0.739. The molecule has 0 radical (unpaired) electrons. The van der Waals surface area contributed by atoms with Crippen LogP contribution in [0.3, 0.4) is 0 Å². The van der Waals surface area contributed by atoms with Gasteiger partial charge in [0.15, 0.2) is 0 Å². The van der Waals surface area contributed by atoms with Crippen LogP contribution in [0.2, 0.25) is 0 Å². The summed E-state index contributed by atoms with van der Waals surface area (Å²) in [6.07, 6.45) is 2.44. The van der Waals surface area contributed by atoms with E-state index in [2.05, 4.69) is 79.5 Å². The molecule has 0 saturated heterocycles. The lowest BCUT2D eigenvalue weighted by Crippen LogP contribution is -2.47. The number of rotatable bonds is 1. The average molecular weight is 247 g/mol. The van der Waals surface area contributed by atoms with Gasteiger partial charge in [-0.25, -0.2) is 0 Å². The third-order valence-corrected chi connectivity index (χ3v) is 4.68. The fraction of sp³-hybridized carbons (Fsp3) is 0.222. The van der Waals surface area contributed by atoms with Gasteiger partial charge in [-0.05, 0) is 29.7 Å². The Morgan fingerprint density at radius 2 is 1.63 bits per heavy atom. The van der Waals surface area contributed by atoms with E-state index in [0.717, 1.165) is 0 Å². The maximum atomic E-state index is 2.44. The molecule has 2 aromatic rings. The van der Waals surface area contributed by atoms with Gasteiger partial charge in [0.1, 0.15) is 0 Å². The molecule has 1 nitrogen and oxygen atoms in total. The first-order valence-corrected chi connectivity index (χ1v) is 6.82. The van der Waals surface area contributed by atoms with Gasteiger partial charge in [-0.2, -0.15) is 0 Å². The van der Waals surface area contributed by atoms with Crippen molar-refractivity contribution in [3.63, 3.8) is 0 Å². The molecule has 2 aliphatic rings. The van der Waals surface area contributed by atoms with Crippen LogP contribution in [-0.4, -0.2) is 13.1 Å². The summed E-state index contributed by atoms with van der Waals surface area (Å²) in [7, 11) is 2.21. The van der Waals surface area contributed by atoms with Gasteiger partial charge in [0.25, 0.3) is 0 Å². The van der Waals surface area contributed by atoms with Crippen molar-refractivity contribution in [1.82, 2.24) is 0 Å². The van der Waals surface area contributed by atoms with E-state index in [1.807, 2.05) is 0 Å². The first-order valence-electron chi connectivity index (χ1n) is 6.82. The molecule has 0 amide bonds. The minimum absolute atomic E-state index is 0.177. The van der Waals surface area contributed by atoms with Gasteiger partial charge in [-0.3, -0.25) is 0 Å². The molecule has 0 bridgehead atoms. The van der Waals surface area contributed by atoms with Gasteiger partial charge in [-0.15, -0.1) is 0 Å². The van der Waals surface area contributed by atoms with Crippen molar-refractivity contribution in [3.8, 4) is 0 Å². The van der Waals surface area contributed by atoms with Gasteiger partial charge in [-0.1, -0.05) is 54.6 Å². The highest BCUT2D eigenvalue weighted by atomic mass is 15.2. The highest BCUT2D eigenvalue weighted by molar-refractivity contribution is 5.89. The molecule has 0 aromatic heterocycles. The molecular formula is C18H17N. The molecule has 1 aliphatic carbocycles. The zero-order chi connectivity index (χ0) is 13.0. The summed E-state index contributed by atoms with van der Waals surface area (Å²) in [5.41, 5.74) is 5.82. The van der Waals surface area contributed by atoms with E-state index in [4.69, 9.17) is 0 Å². The predicted molar refractivity (Wildman–Crippen MR) is 80.4 cm³/mol. The predicted octanol–water partition coefficient (Wildman–Crippen LogP) is 3.86. The van der Waals surface area contributed by atoms with Crippen LogP contribution in [0.1, 0.15) is 18.1 Å². The lowest BCUT2D eigenvalue weighted by atomic mass is 9.64. The fourth-order valence-electron chi connectivity index (χ4n) is 3.79. The van der Waals surface area contributed by atoms with E-state index in [0.29, 0.717) is 6.04 Å². The van der Waals surface area contributed by atoms with E-state index in [1.54, 1.807) is 0 Å². The van der Waals surface area contributed by atoms with Crippen molar-refractivity contribution in [2.45, 2.75) is 18.4 Å². The molecule has 4 rings (SSSR count). The Balaban J connectivity index is 1.85. The van der Waals surface area contributed by atoms with Crippen LogP contribution in [-0.2, 0) is 5.41 Å². The van der Waals surface area contributed by atoms with Crippen molar-refractivity contribution < 1.29 is 0 Å². The lowest BCUT2D eigenvalue weighted by molar-refractivity contribution is 0.513. The zero-order valence-electron chi connectivity index (χ0n) is 11.3. The minimum atomic E-state index is 0.177. The van der Waals surface area contributed by atoms with Crippen molar-refractivity contribution in [3.05, 3.63) is 71.8 Å². The summed E-state index contributed by atoms with van der Waals surface area (Å²) in [6, 6.07) is 20.0. The summed E-state index contributed by atoms with van der Waals surface area (Å²) in [5.74, 6) is 0. The molecule has 0 fully saturated rings. The molecule has 2 unspecified atom stereocenters. The number of para-hydroxylation sites is 1. The maximum absolute atomic E-state index is 2.44. The molecule has 0 N–H and O–H groups in total. The van der Waals surface area contributed by atoms with Crippen LogP contribution in [0, 0.1) is 0 Å². The molecule has 0 spiro atoms.